The first kappa shape index (κ1) is 11.1. The molecule has 0 aliphatic carbocycles. The summed E-state index contributed by atoms with van der Waals surface area (Å²) in [6.07, 6.45) is 2.01. The molecule has 1 aromatic rings. The third-order valence-electron chi connectivity index (χ3n) is 3.16. The van der Waals surface area contributed by atoms with Gasteiger partial charge < -0.3 is 5.73 Å². The zero-order valence-corrected chi connectivity index (χ0v) is 9.43. The molecule has 3 nitrogen and oxygen atoms in total. The first-order valence-corrected chi connectivity index (χ1v) is 5.81. The van der Waals surface area contributed by atoms with Crippen molar-refractivity contribution in [3.05, 3.63) is 35.9 Å². The number of primary amides is 1. The Morgan fingerprint density at radius 3 is 2.81 bits per heavy atom. The van der Waals surface area contributed by atoms with E-state index >= 15 is 0 Å². The van der Waals surface area contributed by atoms with Crippen LogP contribution in [0.25, 0.3) is 0 Å². The number of carbonyl (C=O) groups is 1. The number of nitrogens with zero attached hydrogens (tertiary/aromatic N) is 1. The number of nitrogens with two attached hydrogens (primary N) is 1. The predicted octanol–water partition coefficient (Wildman–Crippen LogP) is 1.38. The molecule has 0 bridgehead atoms. The van der Waals surface area contributed by atoms with Gasteiger partial charge in [0, 0.05) is 13.1 Å². The van der Waals surface area contributed by atoms with Gasteiger partial charge >= 0.3 is 0 Å². The number of piperidine rings is 1. The van der Waals surface area contributed by atoms with Crippen LogP contribution in [0.1, 0.15) is 18.4 Å². The van der Waals surface area contributed by atoms with Crippen molar-refractivity contribution in [1.29, 1.82) is 0 Å². The van der Waals surface area contributed by atoms with E-state index in [1.165, 1.54) is 5.56 Å². The molecule has 1 heterocycles. The van der Waals surface area contributed by atoms with Crippen LogP contribution in [0.15, 0.2) is 30.3 Å². The number of hydrogen-bond acceptors (Lipinski definition) is 2. The van der Waals surface area contributed by atoms with Crippen LogP contribution < -0.4 is 5.73 Å². The highest BCUT2D eigenvalue weighted by molar-refractivity contribution is 5.76. The van der Waals surface area contributed by atoms with E-state index in [1.54, 1.807) is 0 Å². The minimum Gasteiger partial charge on any atom is -0.369 e. The van der Waals surface area contributed by atoms with Crippen molar-refractivity contribution in [3.63, 3.8) is 0 Å². The summed E-state index contributed by atoms with van der Waals surface area (Å²) in [6.45, 7) is 2.80. The van der Waals surface area contributed by atoms with Crippen molar-refractivity contribution in [2.45, 2.75) is 19.4 Å². The van der Waals surface area contributed by atoms with Crippen molar-refractivity contribution in [3.8, 4) is 0 Å². The van der Waals surface area contributed by atoms with E-state index in [0.29, 0.717) is 0 Å². The third kappa shape index (κ3) is 2.83. The molecule has 1 aliphatic rings. The lowest BCUT2D eigenvalue weighted by Gasteiger charge is -2.31. The molecule has 1 fully saturated rings. The molecule has 0 saturated carbocycles. The van der Waals surface area contributed by atoms with Crippen LogP contribution in [0.2, 0.25) is 0 Å². The van der Waals surface area contributed by atoms with Crippen LogP contribution >= 0.6 is 0 Å². The molecule has 1 aliphatic heterocycles. The lowest BCUT2D eigenvalue weighted by molar-refractivity contribution is -0.123. The number of benzene rings is 1. The predicted molar refractivity (Wildman–Crippen MR) is 63.6 cm³/mol. The van der Waals surface area contributed by atoms with Gasteiger partial charge in [-0.3, -0.25) is 9.69 Å². The van der Waals surface area contributed by atoms with Crippen LogP contribution in [-0.4, -0.2) is 23.9 Å². The van der Waals surface area contributed by atoms with Gasteiger partial charge in [0.25, 0.3) is 0 Å². The topological polar surface area (TPSA) is 46.3 Å². The number of rotatable bonds is 3. The molecule has 0 radical (unpaired) electrons. The molecule has 1 aromatic carbocycles. The van der Waals surface area contributed by atoms with Gasteiger partial charge in [0.05, 0.1) is 5.92 Å². The molecular formula is C13H18N2O. The Labute approximate surface area is 96.2 Å². The normalized spacial score (nSPS) is 21.9. The van der Waals surface area contributed by atoms with Gasteiger partial charge in [-0.15, -0.1) is 0 Å². The van der Waals surface area contributed by atoms with E-state index in [2.05, 4.69) is 17.0 Å². The number of likely N-dealkylation sites (tertiary alicyclic amines) is 1. The molecule has 1 saturated heterocycles. The molecule has 2 N–H and O–H groups in total. The smallest absolute Gasteiger partial charge is 0.221 e. The van der Waals surface area contributed by atoms with Gasteiger partial charge in [0.15, 0.2) is 0 Å². The average molecular weight is 218 g/mol. The fourth-order valence-corrected chi connectivity index (χ4v) is 2.27. The van der Waals surface area contributed by atoms with Crippen molar-refractivity contribution in [2.24, 2.45) is 11.7 Å². The summed E-state index contributed by atoms with van der Waals surface area (Å²) in [4.78, 5) is 13.5. The van der Waals surface area contributed by atoms with Gasteiger partial charge in [0.1, 0.15) is 0 Å². The lowest BCUT2D eigenvalue weighted by atomic mass is 9.97. The van der Waals surface area contributed by atoms with Crippen molar-refractivity contribution >= 4 is 5.91 Å². The quantitative estimate of drug-likeness (QED) is 0.833. The maximum atomic E-state index is 11.1. The minimum atomic E-state index is -0.155. The number of hydrogen-bond donors (Lipinski definition) is 1. The van der Waals surface area contributed by atoms with Crippen LogP contribution in [-0.2, 0) is 11.3 Å². The fraction of sp³-hybridized carbons (Fsp3) is 0.462. The summed E-state index contributed by atoms with van der Waals surface area (Å²) in [6, 6.07) is 10.4. The van der Waals surface area contributed by atoms with Crippen LogP contribution in [0, 0.1) is 5.92 Å². The highest BCUT2D eigenvalue weighted by Crippen LogP contribution is 2.17. The van der Waals surface area contributed by atoms with Gasteiger partial charge in [0.2, 0.25) is 5.91 Å². The average Bonchev–Trinajstić information content (AvgIpc) is 2.30. The molecule has 2 rings (SSSR count). The Kier molecular flexibility index (Phi) is 3.57. The van der Waals surface area contributed by atoms with E-state index in [9.17, 15) is 4.79 Å². The molecule has 0 spiro atoms. The Morgan fingerprint density at radius 1 is 1.38 bits per heavy atom. The maximum Gasteiger partial charge on any atom is 0.221 e. The Morgan fingerprint density at radius 2 is 2.12 bits per heavy atom. The third-order valence-corrected chi connectivity index (χ3v) is 3.16. The standard InChI is InChI=1S/C13H18N2O/c14-13(16)12-7-4-8-15(10-12)9-11-5-2-1-3-6-11/h1-3,5-6,12H,4,7-10H2,(H2,14,16). The second kappa shape index (κ2) is 5.12. The number of carbonyl (C=O) groups excluding carboxylic acids is 1. The van der Waals surface area contributed by atoms with E-state index in [4.69, 9.17) is 5.73 Å². The highest BCUT2D eigenvalue weighted by atomic mass is 16.1. The summed E-state index contributed by atoms with van der Waals surface area (Å²) in [5.74, 6) is -0.116. The van der Waals surface area contributed by atoms with E-state index in [1.807, 2.05) is 18.2 Å². The molecule has 86 valence electrons. The zero-order chi connectivity index (χ0) is 11.4. The molecule has 1 amide bonds. The Bertz CT molecular complexity index is 350. The second-order valence-corrected chi connectivity index (χ2v) is 4.46. The van der Waals surface area contributed by atoms with Crippen molar-refractivity contribution < 1.29 is 4.79 Å². The fourth-order valence-electron chi connectivity index (χ4n) is 2.27. The lowest BCUT2D eigenvalue weighted by Crippen LogP contribution is -2.40. The van der Waals surface area contributed by atoms with Crippen LogP contribution in [0.4, 0.5) is 0 Å². The molecule has 1 atom stereocenters. The van der Waals surface area contributed by atoms with Gasteiger partial charge in [-0.25, -0.2) is 0 Å². The molecule has 0 aromatic heterocycles. The molecule has 16 heavy (non-hydrogen) atoms. The minimum absolute atomic E-state index is 0.0393. The zero-order valence-electron chi connectivity index (χ0n) is 9.43. The van der Waals surface area contributed by atoms with Crippen molar-refractivity contribution in [1.82, 2.24) is 4.90 Å². The Hall–Kier alpha value is -1.35. The largest absolute Gasteiger partial charge is 0.369 e. The van der Waals surface area contributed by atoms with E-state index in [0.717, 1.165) is 32.5 Å². The van der Waals surface area contributed by atoms with Gasteiger partial charge in [-0.1, -0.05) is 30.3 Å². The highest BCUT2D eigenvalue weighted by Gasteiger charge is 2.23. The van der Waals surface area contributed by atoms with Crippen LogP contribution in [0.3, 0.4) is 0 Å². The second-order valence-electron chi connectivity index (χ2n) is 4.46. The first-order valence-electron chi connectivity index (χ1n) is 5.81. The molecular weight excluding hydrogens is 200 g/mol. The van der Waals surface area contributed by atoms with E-state index < -0.39 is 0 Å². The molecule has 3 heteroatoms. The maximum absolute atomic E-state index is 11.1. The SMILES string of the molecule is NC(=O)C1CCCN(Cc2ccccc2)C1. The van der Waals surface area contributed by atoms with Crippen LogP contribution in [0.5, 0.6) is 0 Å². The summed E-state index contributed by atoms with van der Waals surface area (Å²) in [5, 5.41) is 0. The summed E-state index contributed by atoms with van der Waals surface area (Å²) < 4.78 is 0. The molecule has 1 unspecified atom stereocenters. The van der Waals surface area contributed by atoms with Gasteiger partial charge in [-0.2, -0.15) is 0 Å². The van der Waals surface area contributed by atoms with E-state index in [-0.39, 0.29) is 11.8 Å². The summed E-state index contributed by atoms with van der Waals surface area (Å²) >= 11 is 0. The first-order chi connectivity index (χ1) is 7.75. The number of amides is 1. The summed E-state index contributed by atoms with van der Waals surface area (Å²) in [7, 11) is 0. The monoisotopic (exact) mass is 218 g/mol. The summed E-state index contributed by atoms with van der Waals surface area (Å²) in [5.41, 5.74) is 6.66. The van der Waals surface area contributed by atoms with Crippen molar-refractivity contribution in [2.75, 3.05) is 13.1 Å². The van der Waals surface area contributed by atoms with Gasteiger partial charge in [-0.05, 0) is 24.9 Å². The Balaban J connectivity index is 1.93.